The number of hydrogen-bond acceptors (Lipinski definition) is 5. The number of hydrazine groups is 1. The third-order valence-corrected chi connectivity index (χ3v) is 1.79. The van der Waals surface area contributed by atoms with Crippen LogP contribution in [-0.4, -0.2) is 16.7 Å². The summed E-state index contributed by atoms with van der Waals surface area (Å²) in [6.45, 7) is 5.40. The summed E-state index contributed by atoms with van der Waals surface area (Å²) in [5.41, 5.74) is 4.52. The van der Waals surface area contributed by atoms with Gasteiger partial charge < -0.3 is 4.74 Å². The molecule has 5 nitrogen and oxygen atoms in total. The number of carbonyl (C=O) groups excluding carboxylic acids is 1. The maximum atomic E-state index is 11.1. The monoisotopic (exact) mass is 215 g/mol. The van der Waals surface area contributed by atoms with E-state index < -0.39 is 11.7 Å². The van der Waals surface area contributed by atoms with Gasteiger partial charge in [-0.2, -0.15) is 0 Å². The third-order valence-electron chi connectivity index (χ3n) is 1.10. The van der Waals surface area contributed by atoms with E-state index >= 15 is 0 Å². The van der Waals surface area contributed by atoms with Crippen molar-refractivity contribution in [2.45, 2.75) is 26.4 Å². The number of nitrogens with zero attached hydrogens (tertiary/aromatic N) is 1. The molecule has 0 unspecified atom stereocenters. The Bertz CT molecular complexity index is 292. The van der Waals surface area contributed by atoms with Gasteiger partial charge in [-0.25, -0.2) is 15.2 Å². The van der Waals surface area contributed by atoms with Crippen molar-refractivity contribution in [3.8, 4) is 0 Å². The van der Waals surface area contributed by atoms with Gasteiger partial charge in [0.15, 0.2) is 0 Å². The van der Waals surface area contributed by atoms with Crippen molar-refractivity contribution in [2.75, 3.05) is 5.43 Å². The lowest BCUT2D eigenvalue weighted by atomic mass is 10.2. The average Bonchev–Trinajstić information content (AvgIpc) is 2.49. The zero-order valence-electron chi connectivity index (χ0n) is 8.33. The number of hydrogen-bond donors (Lipinski definition) is 2. The fraction of sp³-hybridized carbons (Fsp3) is 0.500. The van der Waals surface area contributed by atoms with Crippen LogP contribution < -0.4 is 10.9 Å². The van der Waals surface area contributed by atoms with E-state index in [4.69, 9.17) is 4.74 Å². The maximum Gasteiger partial charge on any atom is 0.426 e. The van der Waals surface area contributed by atoms with E-state index in [0.717, 1.165) is 0 Å². The van der Waals surface area contributed by atoms with Crippen molar-refractivity contribution in [1.29, 1.82) is 0 Å². The number of nitrogens with one attached hydrogen (secondary N) is 2. The van der Waals surface area contributed by atoms with Crippen molar-refractivity contribution < 1.29 is 9.53 Å². The molecule has 0 saturated heterocycles. The van der Waals surface area contributed by atoms with Crippen LogP contribution in [0.15, 0.2) is 11.6 Å². The Labute approximate surface area is 86.5 Å². The molecule has 1 rings (SSSR count). The molecular formula is C8H13N3O2S. The van der Waals surface area contributed by atoms with E-state index in [1.54, 1.807) is 32.3 Å². The molecule has 0 aliphatic rings. The highest BCUT2D eigenvalue weighted by Crippen LogP contribution is 2.09. The zero-order chi connectivity index (χ0) is 10.6. The maximum absolute atomic E-state index is 11.1. The molecule has 0 aromatic carbocycles. The number of aromatic nitrogens is 1. The molecule has 78 valence electrons. The second-order valence-corrected chi connectivity index (χ2v) is 4.48. The SMILES string of the molecule is CC(C)(C)OC(=O)NNc1nccs1. The first-order valence-corrected chi connectivity index (χ1v) is 5.00. The molecule has 1 amide bonds. The third kappa shape index (κ3) is 4.08. The van der Waals surface area contributed by atoms with Gasteiger partial charge in [0.1, 0.15) is 5.60 Å². The van der Waals surface area contributed by atoms with E-state index in [1.807, 2.05) is 0 Å². The summed E-state index contributed by atoms with van der Waals surface area (Å²) in [6.07, 6.45) is 1.12. The van der Waals surface area contributed by atoms with E-state index in [1.165, 1.54) is 11.3 Å². The van der Waals surface area contributed by atoms with Gasteiger partial charge in [-0.1, -0.05) is 0 Å². The van der Waals surface area contributed by atoms with Gasteiger partial charge >= 0.3 is 6.09 Å². The molecule has 0 spiro atoms. The van der Waals surface area contributed by atoms with Crippen LogP contribution in [0.4, 0.5) is 9.93 Å². The highest BCUT2D eigenvalue weighted by atomic mass is 32.1. The Balaban J connectivity index is 2.29. The Hall–Kier alpha value is -1.30. The molecule has 6 heteroatoms. The molecule has 0 fully saturated rings. The molecule has 14 heavy (non-hydrogen) atoms. The molecule has 0 atom stereocenters. The minimum Gasteiger partial charge on any atom is -0.443 e. The topological polar surface area (TPSA) is 63.2 Å². The van der Waals surface area contributed by atoms with E-state index in [-0.39, 0.29) is 0 Å². The Morgan fingerprint density at radius 2 is 2.29 bits per heavy atom. The zero-order valence-corrected chi connectivity index (χ0v) is 9.14. The van der Waals surface area contributed by atoms with Gasteiger partial charge in [0.25, 0.3) is 0 Å². The second kappa shape index (κ2) is 4.28. The fourth-order valence-corrected chi connectivity index (χ4v) is 1.18. The number of ether oxygens (including phenoxy) is 1. The molecule has 0 radical (unpaired) electrons. The van der Waals surface area contributed by atoms with Crippen LogP contribution in [0.1, 0.15) is 20.8 Å². The first kappa shape index (κ1) is 10.8. The number of carbonyl (C=O) groups is 1. The standard InChI is InChI=1S/C8H13N3O2S/c1-8(2,3)13-7(12)11-10-6-9-4-5-14-6/h4-5H,1-3H3,(H,9,10)(H,11,12). The summed E-state index contributed by atoms with van der Waals surface area (Å²) in [7, 11) is 0. The molecule has 1 aromatic heterocycles. The van der Waals surface area contributed by atoms with Crippen LogP contribution >= 0.6 is 11.3 Å². The van der Waals surface area contributed by atoms with E-state index in [9.17, 15) is 4.79 Å². The largest absolute Gasteiger partial charge is 0.443 e. The quantitative estimate of drug-likeness (QED) is 0.741. The summed E-state index contributed by atoms with van der Waals surface area (Å²) in [5, 5.41) is 2.43. The van der Waals surface area contributed by atoms with E-state index in [0.29, 0.717) is 5.13 Å². The minimum absolute atomic E-state index is 0.491. The highest BCUT2D eigenvalue weighted by molar-refractivity contribution is 7.13. The van der Waals surface area contributed by atoms with Gasteiger partial charge in [-0.3, -0.25) is 5.43 Å². The summed E-state index contributed by atoms with van der Waals surface area (Å²) in [5.74, 6) is 0. The molecule has 0 bridgehead atoms. The summed E-state index contributed by atoms with van der Waals surface area (Å²) >= 11 is 1.39. The van der Waals surface area contributed by atoms with Crippen LogP contribution in [0, 0.1) is 0 Å². The molecule has 0 saturated carbocycles. The lowest BCUT2D eigenvalue weighted by Gasteiger charge is -2.19. The molecule has 1 aromatic rings. The number of rotatable bonds is 2. The van der Waals surface area contributed by atoms with Crippen LogP contribution in [0.25, 0.3) is 0 Å². The van der Waals surface area contributed by atoms with Crippen LogP contribution in [-0.2, 0) is 4.74 Å². The van der Waals surface area contributed by atoms with Crippen molar-refractivity contribution in [2.24, 2.45) is 0 Å². The Morgan fingerprint density at radius 1 is 1.57 bits per heavy atom. The minimum atomic E-state index is -0.521. The average molecular weight is 215 g/mol. The van der Waals surface area contributed by atoms with Gasteiger partial charge in [0, 0.05) is 11.6 Å². The molecule has 2 N–H and O–H groups in total. The van der Waals surface area contributed by atoms with Gasteiger partial charge in [0.05, 0.1) is 0 Å². The smallest absolute Gasteiger partial charge is 0.426 e. The molecule has 0 aliphatic heterocycles. The van der Waals surface area contributed by atoms with Crippen LogP contribution in [0.2, 0.25) is 0 Å². The number of thiazole rings is 1. The molecule has 1 heterocycles. The summed E-state index contributed by atoms with van der Waals surface area (Å²) in [4.78, 5) is 15.1. The first-order valence-electron chi connectivity index (χ1n) is 4.12. The molecule has 0 aliphatic carbocycles. The van der Waals surface area contributed by atoms with Crippen molar-refractivity contribution in [3.63, 3.8) is 0 Å². The Kier molecular flexibility index (Phi) is 3.29. The summed E-state index contributed by atoms with van der Waals surface area (Å²) in [6, 6.07) is 0. The Morgan fingerprint density at radius 3 is 2.79 bits per heavy atom. The van der Waals surface area contributed by atoms with Gasteiger partial charge in [-0.15, -0.1) is 11.3 Å². The van der Waals surface area contributed by atoms with E-state index in [2.05, 4.69) is 15.8 Å². The highest BCUT2D eigenvalue weighted by Gasteiger charge is 2.15. The number of anilines is 1. The van der Waals surface area contributed by atoms with Crippen LogP contribution in [0.3, 0.4) is 0 Å². The lowest BCUT2D eigenvalue weighted by Crippen LogP contribution is -2.35. The lowest BCUT2D eigenvalue weighted by molar-refractivity contribution is 0.0541. The van der Waals surface area contributed by atoms with Crippen molar-refractivity contribution >= 4 is 22.6 Å². The predicted molar refractivity (Wildman–Crippen MR) is 55.1 cm³/mol. The first-order chi connectivity index (χ1) is 6.47. The number of amides is 1. The predicted octanol–water partition coefficient (Wildman–Crippen LogP) is 1.99. The van der Waals surface area contributed by atoms with Gasteiger partial charge in [0.2, 0.25) is 5.13 Å². The van der Waals surface area contributed by atoms with Crippen molar-refractivity contribution in [1.82, 2.24) is 10.4 Å². The van der Waals surface area contributed by atoms with Gasteiger partial charge in [-0.05, 0) is 20.8 Å². The second-order valence-electron chi connectivity index (χ2n) is 3.59. The summed E-state index contributed by atoms with van der Waals surface area (Å²) < 4.78 is 5.00. The normalized spacial score (nSPS) is 10.8. The fourth-order valence-electron chi connectivity index (χ4n) is 0.693. The van der Waals surface area contributed by atoms with Crippen molar-refractivity contribution in [3.05, 3.63) is 11.6 Å². The van der Waals surface area contributed by atoms with Crippen LogP contribution in [0.5, 0.6) is 0 Å². The molecular weight excluding hydrogens is 202 g/mol.